The lowest BCUT2D eigenvalue weighted by molar-refractivity contribution is -0.156. The molecule has 0 bridgehead atoms. The summed E-state index contributed by atoms with van der Waals surface area (Å²) >= 11 is 1.51. The van der Waals surface area contributed by atoms with E-state index >= 15 is 0 Å². The molecule has 16 heavy (non-hydrogen) atoms. The maximum Gasteiger partial charge on any atom is 0.336 e. The molecule has 0 spiro atoms. The molecule has 0 fully saturated rings. The SMILES string of the molecule is Cc1csc(C(C)NCC(C)(O)C(=O)O)n1. The van der Waals surface area contributed by atoms with Crippen LogP contribution in [0.1, 0.15) is 30.6 Å². The summed E-state index contributed by atoms with van der Waals surface area (Å²) in [5, 5.41) is 24.0. The molecule has 0 radical (unpaired) electrons. The molecule has 0 aliphatic carbocycles. The van der Waals surface area contributed by atoms with E-state index < -0.39 is 11.6 Å². The summed E-state index contributed by atoms with van der Waals surface area (Å²) in [7, 11) is 0. The van der Waals surface area contributed by atoms with Crippen molar-refractivity contribution in [2.24, 2.45) is 0 Å². The molecule has 1 heterocycles. The third-order valence-electron chi connectivity index (χ3n) is 2.22. The fraction of sp³-hybridized carbons (Fsp3) is 0.600. The Morgan fingerprint density at radius 2 is 2.38 bits per heavy atom. The van der Waals surface area contributed by atoms with Gasteiger partial charge in [0.2, 0.25) is 0 Å². The Bertz CT molecular complexity index is 376. The van der Waals surface area contributed by atoms with Gasteiger partial charge in [0.05, 0.1) is 6.04 Å². The number of nitrogens with one attached hydrogen (secondary N) is 1. The summed E-state index contributed by atoms with van der Waals surface area (Å²) in [5.41, 5.74) is -0.806. The molecule has 0 saturated carbocycles. The zero-order chi connectivity index (χ0) is 12.3. The van der Waals surface area contributed by atoms with Crippen molar-refractivity contribution in [3.63, 3.8) is 0 Å². The molecule has 2 unspecified atom stereocenters. The molecule has 1 aromatic rings. The van der Waals surface area contributed by atoms with Gasteiger partial charge in [-0.05, 0) is 20.8 Å². The molecule has 1 rings (SSSR count). The highest BCUT2D eigenvalue weighted by molar-refractivity contribution is 7.09. The van der Waals surface area contributed by atoms with Crippen molar-refractivity contribution in [1.82, 2.24) is 10.3 Å². The van der Waals surface area contributed by atoms with E-state index in [1.54, 1.807) is 0 Å². The van der Waals surface area contributed by atoms with E-state index in [2.05, 4.69) is 10.3 Å². The lowest BCUT2D eigenvalue weighted by atomic mass is 10.1. The molecule has 0 aliphatic heterocycles. The number of aromatic nitrogens is 1. The van der Waals surface area contributed by atoms with E-state index in [4.69, 9.17) is 5.11 Å². The second kappa shape index (κ2) is 4.90. The van der Waals surface area contributed by atoms with Gasteiger partial charge in [-0.1, -0.05) is 0 Å². The molecule has 6 heteroatoms. The minimum Gasteiger partial charge on any atom is -0.479 e. The van der Waals surface area contributed by atoms with E-state index in [0.29, 0.717) is 0 Å². The van der Waals surface area contributed by atoms with Crippen LogP contribution in [0.3, 0.4) is 0 Å². The van der Waals surface area contributed by atoms with E-state index in [1.807, 2.05) is 19.2 Å². The predicted octanol–water partition coefficient (Wildman–Crippen LogP) is 0.938. The molecule has 5 nitrogen and oxygen atoms in total. The standard InChI is InChI=1S/C10H16N2O3S/c1-6-4-16-8(12-6)7(2)11-5-10(3,15)9(13)14/h4,7,11,15H,5H2,1-3H3,(H,13,14). The number of aliphatic hydroxyl groups is 1. The number of rotatable bonds is 5. The number of carbonyl (C=O) groups is 1. The average molecular weight is 244 g/mol. The molecule has 90 valence electrons. The molecule has 0 aromatic carbocycles. The monoisotopic (exact) mass is 244 g/mol. The highest BCUT2D eigenvalue weighted by Crippen LogP contribution is 2.17. The van der Waals surface area contributed by atoms with Crippen LogP contribution in [0.4, 0.5) is 0 Å². The molecule has 0 saturated heterocycles. The second-order valence-corrected chi connectivity index (χ2v) is 4.90. The Kier molecular flexibility index (Phi) is 4.01. The van der Waals surface area contributed by atoms with Crippen molar-refractivity contribution in [3.8, 4) is 0 Å². The van der Waals surface area contributed by atoms with Crippen molar-refractivity contribution in [1.29, 1.82) is 0 Å². The highest BCUT2D eigenvalue weighted by Gasteiger charge is 2.30. The Balaban J connectivity index is 2.53. The molecular weight excluding hydrogens is 228 g/mol. The van der Waals surface area contributed by atoms with Gasteiger partial charge in [-0.25, -0.2) is 9.78 Å². The van der Waals surface area contributed by atoms with Crippen LogP contribution in [0.2, 0.25) is 0 Å². The first-order valence-electron chi connectivity index (χ1n) is 4.94. The molecule has 0 aliphatic rings. The van der Waals surface area contributed by atoms with Gasteiger partial charge in [-0.3, -0.25) is 0 Å². The Morgan fingerprint density at radius 1 is 1.75 bits per heavy atom. The van der Waals surface area contributed by atoms with Crippen LogP contribution in [0.25, 0.3) is 0 Å². The number of nitrogens with zero attached hydrogens (tertiary/aromatic N) is 1. The van der Waals surface area contributed by atoms with E-state index in [1.165, 1.54) is 18.3 Å². The van der Waals surface area contributed by atoms with Gasteiger partial charge in [0.15, 0.2) is 5.60 Å². The largest absolute Gasteiger partial charge is 0.479 e. The van der Waals surface area contributed by atoms with Crippen molar-refractivity contribution in [3.05, 3.63) is 16.1 Å². The van der Waals surface area contributed by atoms with Crippen LogP contribution >= 0.6 is 11.3 Å². The Hall–Kier alpha value is -0.980. The van der Waals surface area contributed by atoms with Crippen LogP contribution in [0.5, 0.6) is 0 Å². The zero-order valence-corrected chi connectivity index (χ0v) is 10.3. The molecular formula is C10H16N2O3S. The van der Waals surface area contributed by atoms with Gasteiger partial charge in [-0.2, -0.15) is 0 Å². The summed E-state index contributed by atoms with van der Waals surface area (Å²) in [6, 6.07) is -0.0653. The minimum atomic E-state index is -1.75. The number of hydrogen-bond acceptors (Lipinski definition) is 5. The van der Waals surface area contributed by atoms with Gasteiger partial charge in [0.25, 0.3) is 0 Å². The van der Waals surface area contributed by atoms with Gasteiger partial charge in [0.1, 0.15) is 5.01 Å². The minimum absolute atomic E-state index is 0.0118. The molecule has 1 aromatic heterocycles. The van der Waals surface area contributed by atoms with Gasteiger partial charge < -0.3 is 15.5 Å². The summed E-state index contributed by atoms with van der Waals surface area (Å²) in [6.07, 6.45) is 0. The normalized spacial score (nSPS) is 16.8. The topological polar surface area (TPSA) is 82.5 Å². The van der Waals surface area contributed by atoms with Crippen LogP contribution < -0.4 is 5.32 Å². The lowest BCUT2D eigenvalue weighted by Gasteiger charge is -2.20. The van der Waals surface area contributed by atoms with Gasteiger partial charge in [-0.15, -0.1) is 11.3 Å². The number of aliphatic carboxylic acids is 1. The van der Waals surface area contributed by atoms with E-state index in [0.717, 1.165) is 10.7 Å². The van der Waals surface area contributed by atoms with Crippen LogP contribution in [-0.4, -0.2) is 33.3 Å². The summed E-state index contributed by atoms with van der Waals surface area (Å²) in [5.74, 6) is -1.23. The number of carboxylic acid groups (broad SMARTS) is 1. The number of aryl methyl sites for hydroxylation is 1. The van der Waals surface area contributed by atoms with Crippen molar-refractivity contribution >= 4 is 17.3 Å². The second-order valence-electron chi connectivity index (χ2n) is 4.01. The van der Waals surface area contributed by atoms with Crippen molar-refractivity contribution in [2.75, 3.05) is 6.54 Å². The maximum atomic E-state index is 10.7. The average Bonchev–Trinajstić information content (AvgIpc) is 2.61. The van der Waals surface area contributed by atoms with E-state index in [9.17, 15) is 9.90 Å². The van der Waals surface area contributed by atoms with Gasteiger partial charge in [0, 0.05) is 17.6 Å². The fourth-order valence-electron chi connectivity index (χ4n) is 1.09. The number of hydrogen-bond donors (Lipinski definition) is 3. The third-order valence-corrected chi connectivity index (χ3v) is 3.37. The number of carboxylic acids is 1. The van der Waals surface area contributed by atoms with Crippen LogP contribution in [-0.2, 0) is 4.79 Å². The zero-order valence-electron chi connectivity index (χ0n) is 9.52. The molecule has 3 N–H and O–H groups in total. The summed E-state index contributed by atoms with van der Waals surface area (Å²) in [6.45, 7) is 5.04. The highest BCUT2D eigenvalue weighted by atomic mass is 32.1. The first kappa shape index (κ1) is 13.1. The smallest absolute Gasteiger partial charge is 0.336 e. The number of thiazole rings is 1. The summed E-state index contributed by atoms with van der Waals surface area (Å²) < 4.78 is 0. The fourth-order valence-corrected chi connectivity index (χ4v) is 1.91. The first-order chi connectivity index (χ1) is 7.33. The molecule has 2 atom stereocenters. The third kappa shape index (κ3) is 3.26. The van der Waals surface area contributed by atoms with Crippen LogP contribution in [0, 0.1) is 6.92 Å². The predicted molar refractivity (Wildman–Crippen MR) is 61.5 cm³/mol. The van der Waals surface area contributed by atoms with E-state index in [-0.39, 0.29) is 12.6 Å². The lowest BCUT2D eigenvalue weighted by Crippen LogP contribution is -2.45. The van der Waals surface area contributed by atoms with Gasteiger partial charge >= 0.3 is 5.97 Å². The quantitative estimate of drug-likeness (QED) is 0.718. The Labute approximate surface area is 98.1 Å². The first-order valence-corrected chi connectivity index (χ1v) is 5.82. The van der Waals surface area contributed by atoms with Crippen molar-refractivity contribution in [2.45, 2.75) is 32.4 Å². The maximum absolute atomic E-state index is 10.7. The van der Waals surface area contributed by atoms with Crippen molar-refractivity contribution < 1.29 is 15.0 Å². The Morgan fingerprint density at radius 3 is 2.81 bits per heavy atom. The summed E-state index contributed by atoms with van der Waals surface area (Å²) in [4.78, 5) is 15.0. The van der Waals surface area contributed by atoms with Crippen LogP contribution in [0.15, 0.2) is 5.38 Å². The molecule has 0 amide bonds.